The topological polar surface area (TPSA) is 181 Å². The summed E-state index contributed by atoms with van der Waals surface area (Å²) < 4.78 is 57.1. The van der Waals surface area contributed by atoms with E-state index in [2.05, 4.69) is 0 Å². The maximum absolute atomic E-state index is 12.2. The predicted octanol–water partition coefficient (Wildman–Crippen LogP) is 0.301. The molecule has 43 heavy (non-hydrogen) atoms. The van der Waals surface area contributed by atoms with E-state index < -0.39 is 98.2 Å². The fraction of sp³-hybridized carbons (Fsp3) is 0.643. The van der Waals surface area contributed by atoms with Gasteiger partial charge >= 0.3 is 23.9 Å². The summed E-state index contributed by atoms with van der Waals surface area (Å²) in [6.07, 6.45) is -13.5. The quantitative estimate of drug-likeness (QED) is 0.297. The average molecular weight is 613 g/mol. The number of methoxy groups -OCH3 is 1. The molecule has 15 nitrogen and oxygen atoms in total. The zero-order chi connectivity index (χ0) is 31.3. The number of benzene rings is 1. The van der Waals surface area contributed by atoms with E-state index in [1.807, 2.05) is 18.2 Å². The second-order valence-corrected chi connectivity index (χ2v) is 10.1. The first kappa shape index (κ1) is 32.7. The fourth-order valence-electron chi connectivity index (χ4n) is 5.15. The van der Waals surface area contributed by atoms with Gasteiger partial charge in [-0.05, 0) is 0 Å². The van der Waals surface area contributed by atoms with E-state index in [9.17, 15) is 24.3 Å². The summed E-state index contributed by atoms with van der Waals surface area (Å²) >= 11 is 0. The van der Waals surface area contributed by atoms with Gasteiger partial charge in [-0.1, -0.05) is 30.3 Å². The van der Waals surface area contributed by atoms with E-state index >= 15 is 0 Å². The number of rotatable bonds is 9. The molecule has 3 saturated heterocycles. The molecule has 4 rings (SSSR count). The van der Waals surface area contributed by atoms with Crippen LogP contribution >= 0.6 is 0 Å². The Balaban J connectivity index is 1.69. The number of ether oxygens (including phenoxy) is 10. The number of fused-ring (bicyclic) bond motifs is 1. The standard InChI is InChI=1S/C28H36O15/c1-13(29)35-11-18-22(37-14(2)30)24(38-15(3)31)25(39-16(4)32)28(41-18)43-23-20(33)27(34-5)40-19-12-36-26(42-21(19)23)17-9-7-6-8-10-17/h6-10,18-28,33H,11-12H2,1-5H3/t18-,19-,20+,21-,22-,23-,24+,25+,26?,27+,28-/m1/s1. The van der Waals surface area contributed by atoms with Crippen LogP contribution in [0.1, 0.15) is 39.5 Å². The van der Waals surface area contributed by atoms with Gasteiger partial charge in [0, 0.05) is 40.4 Å². The van der Waals surface area contributed by atoms with Gasteiger partial charge in [0.1, 0.15) is 37.1 Å². The molecule has 1 aromatic carbocycles. The van der Waals surface area contributed by atoms with Crippen LogP contribution in [0.5, 0.6) is 0 Å². The maximum Gasteiger partial charge on any atom is 0.303 e. The highest BCUT2D eigenvalue weighted by Gasteiger charge is 2.57. The first-order chi connectivity index (χ1) is 20.5. The van der Waals surface area contributed by atoms with Crippen molar-refractivity contribution >= 4 is 23.9 Å². The van der Waals surface area contributed by atoms with Gasteiger partial charge in [-0.25, -0.2) is 0 Å². The molecule has 3 heterocycles. The van der Waals surface area contributed by atoms with Crippen LogP contribution in [0.2, 0.25) is 0 Å². The van der Waals surface area contributed by atoms with Gasteiger partial charge in [-0.3, -0.25) is 19.2 Å². The average Bonchev–Trinajstić information content (AvgIpc) is 2.95. The Morgan fingerprint density at radius 2 is 1.42 bits per heavy atom. The van der Waals surface area contributed by atoms with Crippen molar-refractivity contribution in [3.63, 3.8) is 0 Å². The monoisotopic (exact) mass is 612 g/mol. The largest absolute Gasteiger partial charge is 0.463 e. The zero-order valence-electron chi connectivity index (χ0n) is 24.3. The van der Waals surface area contributed by atoms with Gasteiger partial charge in [0.2, 0.25) is 0 Å². The normalized spacial score (nSPS) is 35.6. The lowest BCUT2D eigenvalue weighted by molar-refractivity contribution is -0.390. The lowest BCUT2D eigenvalue weighted by atomic mass is 9.95. The molecule has 3 aliphatic heterocycles. The number of carbonyl (C=O) groups is 4. The summed E-state index contributed by atoms with van der Waals surface area (Å²) in [6, 6.07) is 9.07. The summed E-state index contributed by atoms with van der Waals surface area (Å²) in [6.45, 7) is 4.11. The Labute approximate surface area is 247 Å². The molecule has 3 fully saturated rings. The van der Waals surface area contributed by atoms with Crippen LogP contribution < -0.4 is 0 Å². The van der Waals surface area contributed by atoms with Crippen molar-refractivity contribution in [3.05, 3.63) is 35.9 Å². The third kappa shape index (κ3) is 8.06. The van der Waals surface area contributed by atoms with Crippen LogP contribution in [0.15, 0.2) is 30.3 Å². The van der Waals surface area contributed by atoms with Gasteiger partial charge in [-0.2, -0.15) is 0 Å². The van der Waals surface area contributed by atoms with Crippen LogP contribution in [0.3, 0.4) is 0 Å². The van der Waals surface area contributed by atoms with Gasteiger partial charge in [0.15, 0.2) is 37.2 Å². The molecule has 238 valence electrons. The molecule has 0 spiro atoms. The highest BCUT2D eigenvalue weighted by Crippen LogP contribution is 2.38. The van der Waals surface area contributed by atoms with E-state index in [0.717, 1.165) is 27.7 Å². The van der Waals surface area contributed by atoms with Crippen molar-refractivity contribution in [1.29, 1.82) is 0 Å². The molecule has 1 aromatic rings. The third-order valence-corrected chi connectivity index (χ3v) is 6.85. The van der Waals surface area contributed by atoms with Gasteiger partial charge in [0.25, 0.3) is 0 Å². The van der Waals surface area contributed by atoms with Crippen molar-refractivity contribution in [2.24, 2.45) is 0 Å². The second kappa shape index (κ2) is 14.5. The molecule has 0 aliphatic carbocycles. The Morgan fingerprint density at radius 3 is 2.02 bits per heavy atom. The molecule has 0 aromatic heterocycles. The van der Waals surface area contributed by atoms with E-state index in [-0.39, 0.29) is 6.61 Å². The Morgan fingerprint density at radius 1 is 0.791 bits per heavy atom. The van der Waals surface area contributed by atoms with Crippen molar-refractivity contribution < 1.29 is 71.7 Å². The summed E-state index contributed by atoms with van der Waals surface area (Å²) in [7, 11) is 1.33. The molecule has 11 atom stereocenters. The smallest absolute Gasteiger partial charge is 0.303 e. The van der Waals surface area contributed by atoms with Crippen LogP contribution in [0.25, 0.3) is 0 Å². The van der Waals surface area contributed by atoms with E-state index in [4.69, 9.17) is 47.4 Å². The Bertz CT molecular complexity index is 1130. The molecule has 0 amide bonds. The molecule has 0 bridgehead atoms. The van der Waals surface area contributed by atoms with E-state index in [1.165, 1.54) is 7.11 Å². The SMILES string of the molecule is CO[C@H]1O[C@@H]2COC(c3ccccc3)O[C@H]2[C@H](O[C@H]2O[C@H](COC(C)=O)[C@@H](OC(C)=O)[C@H](OC(C)=O)[C@@H]2OC(C)=O)[C@@H]1O. The molecule has 3 aliphatic rings. The van der Waals surface area contributed by atoms with Crippen molar-refractivity contribution in [2.45, 2.75) is 95.4 Å². The van der Waals surface area contributed by atoms with Gasteiger partial charge < -0.3 is 52.5 Å². The zero-order valence-corrected chi connectivity index (χ0v) is 24.3. The number of hydrogen-bond acceptors (Lipinski definition) is 15. The first-order valence-corrected chi connectivity index (χ1v) is 13.6. The molecular weight excluding hydrogens is 576 g/mol. The summed E-state index contributed by atoms with van der Waals surface area (Å²) in [5, 5.41) is 11.3. The predicted molar refractivity (Wildman–Crippen MR) is 139 cm³/mol. The number of carbonyl (C=O) groups excluding carboxylic acids is 4. The number of aliphatic hydroxyl groups excluding tert-OH is 1. The molecule has 15 heteroatoms. The first-order valence-electron chi connectivity index (χ1n) is 13.6. The van der Waals surface area contributed by atoms with Crippen LogP contribution in [0.4, 0.5) is 0 Å². The van der Waals surface area contributed by atoms with Crippen molar-refractivity contribution in [3.8, 4) is 0 Å². The molecule has 0 saturated carbocycles. The van der Waals surface area contributed by atoms with E-state index in [1.54, 1.807) is 12.1 Å². The number of aliphatic hydroxyl groups is 1. The highest BCUT2D eigenvalue weighted by molar-refractivity contribution is 5.68. The lowest BCUT2D eigenvalue weighted by Gasteiger charge is -2.50. The summed E-state index contributed by atoms with van der Waals surface area (Å²) in [4.78, 5) is 48.0. The van der Waals surface area contributed by atoms with Gasteiger partial charge in [0.05, 0.1) is 6.61 Å². The summed E-state index contributed by atoms with van der Waals surface area (Å²) in [5.74, 6) is -3.03. The molecular formula is C28H36O15. The Kier molecular flexibility index (Phi) is 11.1. The second-order valence-electron chi connectivity index (χ2n) is 10.1. The van der Waals surface area contributed by atoms with Crippen molar-refractivity contribution in [1.82, 2.24) is 0 Å². The molecule has 0 radical (unpaired) electrons. The summed E-state index contributed by atoms with van der Waals surface area (Å²) in [5.41, 5.74) is 0.704. The molecule has 1 unspecified atom stereocenters. The number of esters is 4. The Hall–Kier alpha value is -3.18. The minimum Gasteiger partial charge on any atom is -0.463 e. The minimum absolute atomic E-state index is 0.0508. The van der Waals surface area contributed by atoms with E-state index in [0.29, 0.717) is 5.56 Å². The number of hydrogen-bond donors (Lipinski definition) is 1. The maximum atomic E-state index is 12.2. The van der Waals surface area contributed by atoms with Crippen LogP contribution in [0, 0.1) is 0 Å². The fourth-order valence-corrected chi connectivity index (χ4v) is 5.15. The van der Waals surface area contributed by atoms with Gasteiger partial charge in [-0.15, -0.1) is 0 Å². The van der Waals surface area contributed by atoms with Crippen LogP contribution in [-0.2, 0) is 66.5 Å². The van der Waals surface area contributed by atoms with Crippen molar-refractivity contribution in [2.75, 3.05) is 20.3 Å². The highest BCUT2D eigenvalue weighted by atomic mass is 16.8. The van der Waals surface area contributed by atoms with Crippen LogP contribution in [-0.4, -0.2) is 111 Å². The lowest BCUT2D eigenvalue weighted by Crippen LogP contribution is -2.67. The third-order valence-electron chi connectivity index (χ3n) is 6.85. The minimum atomic E-state index is -1.56. The molecule has 1 N–H and O–H groups in total.